The summed E-state index contributed by atoms with van der Waals surface area (Å²) < 4.78 is 0. The van der Waals surface area contributed by atoms with E-state index >= 15 is 0 Å². The number of carbonyl (C=O) groups is 2. The van der Waals surface area contributed by atoms with E-state index in [2.05, 4.69) is 5.32 Å². The first-order chi connectivity index (χ1) is 9.85. The van der Waals surface area contributed by atoms with E-state index in [0.717, 1.165) is 25.7 Å². The van der Waals surface area contributed by atoms with Gasteiger partial charge in [0.05, 0.1) is 6.61 Å². The summed E-state index contributed by atoms with van der Waals surface area (Å²) in [5.74, 6) is -0.864. The zero-order valence-corrected chi connectivity index (χ0v) is 13.1. The number of hydrogen-bond acceptors (Lipinski definition) is 3. The SMILES string of the molecule is CC(C)(CCC(=O)O)NC(=O)N(CCO)C1CCCCC1. The molecule has 0 unspecified atom stereocenters. The second kappa shape index (κ2) is 8.22. The number of hydrogen-bond donors (Lipinski definition) is 3. The van der Waals surface area contributed by atoms with E-state index in [4.69, 9.17) is 5.11 Å². The lowest BCUT2D eigenvalue weighted by molar-refractivity contribution is -0.137. The molecule has 0 aromatic carbocycles. The van der Waals surface area contributed by atoms with Gasteiger partial charge in [-0.05, 0) is 33.1 Å². The van der Waals surface area contributed by atoms with Crippen molar-refractivity contribution in [2.45, 2.75) is 70.4 Å². The average Bonchev–Trinajstić information content (AvgIpc) is 2.43. The Labute approximate surface area is 126 Å². The van der Waals surface area contributed by atoms with Crippen LogP contribution in [0.3, 0.4) is 0 Å². The number of carbonyl (C=O) groups excluding carboxylic acids is 1. The molecule has 0 radical (unpaired) electrons. The second-order valence-electron chi connectivity index (χ2n) is 6.42. The lowest BCUT2D eigenvalue weighted by atomic mass is 9.94. The van der Waals surface area contributed by atoms with Gasteiger partial charge in [0.15, 0.2) is 0 Å². The van der Waals surface area contributed by atoms with Crippen molar-refractivity contribution in [3.63, 3.8) is 0 Å². The minimum absolute atomic E-state index is 0.0245. The van der Waals surface area contributed by atoms with Gasteiger partial charge in [0, 0.05) is 24.5 Å². The first-order valence-corrected chi connectivity index (χ1v) is 7.77. The summed E-state index contributed by atoms with van der Waals surface area (Å²) in [6.07, 6.45) is 5.79. The highest BCUT2D eigenvalue weighted by atomic mass is 16.4. The van der Waals surface area contributed by atoms with Crippen LogP contribution in [0.15, 0.2) is 0 Å². The fraction of sp³-hybridized carbons (Fsp3) is 0.867. The third kappa shape index (κ3) is 6.33. The minimum Gasteiger partial charge on any atom is -0.481 e. The molecular formula is C15H28N2O4. The highest BCUT2D eigenvalue weighted by Gasteiger charge is 2.29. The Morgan fingerprint density at radius 2 is 1.86 bits per heavy atom. The molecule has 1 aliphatic carbocycles. The van der Waals surface area contributed by atoms with Gasteiger partial charge in [-0.15, -0.1) is 0 Å². The molecule has 122 valence electrons. The number of aliphatic hydroxyl groups is 1. The second-order valence-corrected chi connectivity index (χ2v) is 6.42. The number of carboxylic acid groups (broad SMARTS) is 1. The van der Waals surface area contributed by atoms with Gasteiger partial charge in [0.25, 0.3) is 0 Å². The molecule has 0 atom stereocenters. The van der Waals surface area contributed by atoms with Crippen molar-refractivity contribution in [3.8, 4) is 0 Å². The van der Waals surface area contributed by atoms with Gasteiger partial charge < -0.3 is 20.4 Å². The molecule has 1 rings (SSSR count). The molecule has 1 aliphatic rings. The molecule has 6 nitrogen and oxygen atoms in total. The number of urea groups is 1. The topological polar surface area (TPSA) is 89.9 Å². The van der Waals surface area contributed by atoms with Crippen LogP contribution in [0.4, 0.5) is 4.79 Å². The van der Waals surface area contributed by atoms with Gasteiger partial charge >= 0.3 is 12.0 Å². The van der Waals surface area contributed by atoms with E-state index in [1.807, 2.05) is 13.8 Å². The molecule has 1 saturated carbocycles. The third-order valence-corrected chi connectivity index (χ3v) is 4.03. The number of amides is 2. The lowest BCUT2D eigenvalue weighted by Gasteiger charge is -2.37. The van der Waals surface area contributed by atoms with Crippen molar-refractivity contribution >= 4 is 12.0 Å². The first kappa shape index (κ1) is 17.8. The Morgan fingerprint density at radius 3 is 2.38 bits per heavy atom. The van der Waals surface area contributed by atoms with Crippen LogP contribution in [0.5, 0.6) is 0 Å². The van der Waals surface area contributed by atoms with Gasteiger partial charge in [-0.25, -0.2) is 4.79 Å². The molecule has 6 heteroatoms. The third-order valence-electron chi connectivity index (χ3n) is 4.03. The van der Waals surface area contributed by atoms with E-state index in [1.54, 1.807) is 4.90 Å². The van der Waals surface area contributed by atoms with Crippen LogP contribution < -0.4 is 5.32 Å². The number of rotatable bonds is 7. The number of aliphatic carboxylic acids is 1. The Balaban J connectivity index is 2.60. The molecule has 0 saturated heterocycles. The average molecular weight is 300 g/mol. The smallest absolute Gasteiger partial charge is 0.318 e. The standard InChI is InChI=1S/C15H28N2O4/c1-15(2,9-8-13(19)20)16-14(21)17(10-11-18)12-6-4-3-5-7-12/h12,18H,3-11H2,1-2H3,(H,16,21)(H,19,20). The Hall–Kier alpha value is -1.30. The van der Waals surface area contributed by atoms with E-state index in [-0.39, 0.29) is 25.1 Å². The fourth-order valence-corrected chi connectivity index (χ4v) is 2.79. The number of nitrogens with zero attached hydrogens (tertiary/aromatic N) is 1. The normalized spacial score (nSPS) is 16.5. The summed E-state index contributed by atoms with van der Waals surface area (Å²) in [7, 11) is 0. The molecule has 0 bridgehead atoms. The van der Waals surface area contributed by atoms with Crippen LogP contribution in [0, 0.1) is 0 Å². The van der Waals surface area contributed by atoms with Crippen molar-refractivity contribution in [1.29, 1.82) is 0 Å². The van der Waals surface area contributed by atoms with Crippen molar-refractivity contribution in [1.82, 2.24) is 10.2 Å². The first-order valence-electron chi connectivity index (χ1n) is 7.77. The predicted molar refractivity (Wildman–Crippen MR) is 80.1 cm³/mol. The molecule has 1 fully saturated rings. The maximum absolute atomic E-state index is 12.4. The van der Waals surface area contributed by atoms with E-state index in [1.165, 1.54) is 6.42 Å². The highest BCUT2D eigenvalue weighted by Crippen LogP contribution is 2.23. The van der Waals surface area contributed by atoms with Crippen molar-refractivity contribution in [2.24, 2.45) is 0 Å². The minimum atomic E-state index is -0.864. The molecule has 21 heavy (non-hydrogen) atoms. The molecule has 0 aromatic heterocycles. The van der Waals surface area contributed by atoms with Crippen LogP contribution in [0.2, 0.25) is 0 Å². The van der Waals surface area contributed by atoms with Crippen LogP contribution in [-0.2, 0) is 4.79 Å². The molecule has 2 amide bonds. The predicted octanol–water partition coefficient (Wildman–Crippen LogP) is 1.97. The molecular weight excluding hydrogens is 272 g/mol. The Kier molecular flexibility index (Phi) is 6.95. The van der Waals surface area contributed by atoms with Gasteiger partial charge in [0.1, 0.15) is 0 Å². The van der Waals surface area contributed by atoms with Crippen LogP contribution in [0.25, 0.3) is 0 Å². The van der Waals surface area contributed by atoms with Gasteiger partial charge in [-0.3, -0.25) is 4.79 Å². The van der Waals surface area contributed by atoms with Crippen molar-refractivity contribution < 1.29 is 19.8 Å². The van der Waals surface area contributed by atoms with Gasteiger partial charge in [-0.1, -0.05) is 19.3 Å². The largest absolute Gasteiger partial charge is 0.481 e. The van der Waals surface area contributed by atoms with Crippen LogP contribution in [0.1, 0.15) is 58.8 Å². The summed E-state index contributed by atoms with van der Waals surface area (Å²) >= 11 is 0. The number of aliphatic hydroxyl groups excluding tert-OH is 1. The summed E-state index contributed by atoms with van der Waals surface area (Å²) in [6.45, 7) is 3.92. The van der Waals surface area contributed by atoms with E-state index in [9.17, 15) is 14.7 Å². The fourth-order valence-electron chi connectivity index (χ4n) is 2.79. The zero-order valence-electron chi connectivity index (χ0n) is 13.1. The lowest BCUT2D eigenvalue weighted by Crippen LogP contribution is -2.54. The summed E-state index contributed by atoms with van der Waals surface area (Å²) in [5, 5.41) is 20.8. The molecule has 0 aromatic rings. The van der Waals surface area contributed by atoms with Crippen molar-refractivity contribution in [3.05, 3.63) is 0 Å². The van der Waals surface area contributed by atoms with Crippen LogP contribution >= 0.6 is 0 Å². The quantitative estimate of drug-likeness (QED) is 0.670. The van der Waals surface area contributed by atoms with Gasteiger partial charge in [0.2, 0.25) is 0 Å². The summed E-state index contributed by atoms with van der Waals surface area (Å²) in [4.78, 5) is 24.8. The van der Waals surface area contributed by atoms with Crippen molar-refractivity contribution in [2.75, 3.05) is 13.2 Å². The number of nitrogens with one attached hydrogen (secondary N) is 1. The monoisotopic (exact) mass is 300 g/mol. The van der Waals surface area contributed by atoms with Crippen LogP contribution in [-0.4, -0.2) is 51.8 Å². The molecule has 0 heterocycles. The summed E-state index contributed by atoms with van der Waals surface area (Å²) in [5.41, 5.74) is -0.572. The maximum atomic E-state index is 12.4. The highest BCUT2D eigenvalue weighted by molar-refractivity contribution is 5.75. The Bertz CT molecular complexity index is 352. The van der Waals surface area contributed by atoms with E-state index < -0.39 is 11.5 Å². The maximum Gasteiger partial charge on any atom is 0.318 e. The molecule has 0 spiro atoms. The summed E-state index contributed by atoms with van der Waals surface area (Å²) in [6, 6.07) is -0.0208. The van der Waals surface area contributed by atoms with E-state index in [0.29, 0.717) is 13.0 Å². The zero-order chi connectivity index (χ0) is 15.9. The Morgan fingerprint density at radius 1 is 1.24 bits per heavy atom. The molecule has 3 N–H and O–H groups in total. The number of carboxylic acids is 1. The van der Waals surface area contributed by atoms with Gasteiger partial charge in [-0.2, -0.15) is 0 Å². The molecule has 0 aliphatic heterocycles.